The first kappa shape index (κ1) is 10.4. The summed E-state index contributed by atoms with van der Waals surface area (Å²) in [5.41, 5.74) is 5.78. The minimum Gasteiger partial charge on any atom is -0.330 e. The molecule has 2 unspecified atom stereocenters. The summed E-state index contributed by atoms with van der Waals surface area (Å²) in [6, 6.07) is 0. The summed E-state index contributed by atoms with van der Waals surface area (Å²) in [4.78, 5) is 0. The third-order valence-corrected chi connectivity index (χ3v) is 4.15. The molecule has 2 N–H and O–H groups in total. The zero-order valence-corrected chi connectivity index (χ0v) is 8.91. The average molecular weight is 187 g/mol. The third kappa shape index (κ3) is 2.98. The highest BCUT2D eigenvalue weighted by Crippen LogP contribution is 2.31. The van der Waals surface area contributed by atoms with Crippen molar-refractivity contribution < 1.29 is 0 Å². The van der Waals surface area contributed by atoms with Gasteiger partial charge in [0.15, 0.2) is 0 Å². The van der Waals surface area contributed by atoms with Crippen LogP contribution in [0.25, 0.3) is 0 Å². The molecule has 0 bridgehead atoms. The van der Waals surface area contributed by atoms with Crippen LogP contribution in [0.4, 0.5) is 0 Å². The topological polar surface area (TPSA) is 26.0 Å². The molecule has 1 aliphatic rings. The smallest absolute Gasteiger partial charge is 0.00872 e. The van der Waals surface area contributed by atoms with Crippen LogP contribution in [0.15, 0.2) is 0 Å². The molecule has 2 heteroatoms. The second-order valence-electron chi connectivity index (χ2n) is 3.63. The van der Waals surface area contributed by atoms with Gasteiger partial charge in [-0.05, 0) is 31.1 Å². The fourth-order valence-corrected chi connectivity index (χ4v) is 3.33. The Hall–Kier alpha value is 0.310. The summed E-state index contributed by atoms with van der Waals surface area (Å²) in [7, 11) is 0. The molecule has 12 heavy (non-hydrogen) atoms. The monoisotopic (exact) mass is 187 g/mol. The molecule has 0 spiro atoms. The van der Waals surface area contributed by atoms with Gasteiger partial charge in [-0.3, -0.25) is 0 Å². The van der Waals surface area contributed by atoms with Crippen LogP contribution in [0.2, 0.25) is 0 Å². The number of hydrogen-bond donors (Lipinski definition) is 1. The molecule has 0 aliphatic heterocycles. The average Bonchev–Trinajstić information content (AvgIpc) is 2.30. The van der Waals surface area contributed by atoms with E-state index in [4.69, 9.17) is 5.73 Å². The minimum atomic E-state index is 0.803. The Bertz CT molecular complexity index is 116. The number of rotatable bonds is 3. The van der Waals surface area contributed by atoms with E-state index in [1.807, 2.05) is 0 Å². The van der Waals surface area contributed by atoms with E-state index >= 15 is 0 Å². The zero-order valence-electron chi connectivity index (χ0n) is 8.09. The molecule has 1 aliphatic carbocycles. The second kappa shape index (κ2) is 5.87. The number of nitrogens with two attached hydrogens (primary N) is 1. The standard InChI is InChI=1S/C10H21NS/c1-2-12-10-7-5-3-4-6-9(10)8-11/h9-10H,2-8,11H2,1H3. The van der Waals surface area contributed by atoms with Gasteiger partial charge in [0, 0.05) is 5.25 Å². The molecular weight excluding hydrogens is 166 g/mol. The largest absolute Gasteiger partial charge is 0.330 e. The maximum absolute atomic E-state index is 5.78. The van der Waals surface area contributed by atoms with Gasteiger partial charge in [0.1, 0.15) is 0 Å². The molecule has 0 amide bonds. The van der Waals surface area contributed by atoms with Crippen molar-refractivity contribution in [2.24, 2.45) is 11.7 Å². The van der Waals surface area contributed by atoms with Gasteiger partial charge in [-0.25, -0.2) is 0 Å². The summed E-state index contributed by atoms with van der Waals surface area (Å²) >= 11 is 2.12. The van der Waals surface area contributed by atoms with Gasteiger partial charge in [-0.1, -0.05) is 26.2 Å². The maximum atomic E-state index is 5.78. The van der Waals surface area contributed by atoms with Crippen molar-refractivity contribution in [3.8, 4) is 0 Å². The van der Waals surface area contributed by atoms with Gasteiger partial charge in [0.05, 0.1) is 0 Å². The molecule has 0 heterocycles. The van der Waals surface area contributed by atoms with Gasteiger partial charge in [-0.15, -0.1) is 0 Å². The van der Waals surface area contributed by atoms with Crippen molar-refractivity contribution >= 4 is 11.8 Å². The SMILES string of the molecule is CCSC1CCCCCC1CN. The van der Waals surface area contributed by atoms with Crippen molar-refractivity contribution in [1.29, 1.82) is 0 Å². The molecule has 0 radical (unpaired) electrons. The summed E-state index contributed by atoms with van der Waals surface area (Å²) in [5.74, 6) is 2.05. The highest BCUT2D eigenvalue weighted by atomic mass is 32.2. The Morgan fingerprint density at radius 2 is 2.00 bits per heavy atom. The van der Waals surface area contributed by atoms with E-state index in [9.17, 15) is 0 Å². The molecule has 0 aromatic heterocycles. The van der Waals surface area contributed by atoms with Crippen molar-refractivity contribution in [3.05, 3.63) is 0 Å². The van der Waals surface area contributed by atoms with Crippen LogP contribution in [0.3, 0.4) is 0 Å². The lowest BCUT2D eigenvalue weighted by Gasteiger charge is -2.22. The zero-order chi connectivity index (χ0) is 8.81. The predicted molar refractivity (Wildman–Crippen MR) is 57.5 cm³/mol. The van der Waals surface area contributed by atoms with Crippen molar-refractivity contribution in [2.75, 3.05) is 12.3 Å². The van der Waals surface area contributed by atoms with E-state index in [1.165, 1.54) is 37.9 Å². The molecule has 1 rings (SSSR count). The fraction of sp³-hybridized carbons (Fsp3) is 1.00. The van der Waals surface area contributed by atoms with Gasteiger partial charge in [0.2, 0.25) is 0 Å². The van der Waals surface area contributed by atoms with E-state index in [1.54, 1.807) is 0 Å². The summed E-state index contributed by atoms with van der Waals surface area (Å²) < 4.78 is 0. The quantitative estimate of drug-likeness (QED) is 0.687. The Morgan fingerprint density at radius 3 is 2.67 bits per heavy atom. The second-order valence-corrected chi connectivity index (χ2v) is 5.14. The summed E-state index contributed by atoms with van der Waals surface area (Å²) in [6.45, 7) is 3.15. The first-order chi connectivity index (χ1) is 5.88. The van der Waals surface area contributed by atoms with Crippen LogP contribution in [0.1, 0.15) is 39.0 Å². The van der Waals surface area contributed by atoms with E-state index < -0.39 is 0 Å². The van der Waals surface area contributed by atoms with Gasteiger partial charge >= 0.3 is 0 Å². The third-order valence-electron chi connectivity index (χ3n) is 2.77. The highest BCUT2D eigenvalue weighted by molar-refractivity contribution is 7.99. The molecule has 1 nitrogen and oxygen atoms in total. The Morgan fingerprint density at radius 1 is 1.25 bits per heavy atom. The van der Waals surface area contributed by atoms with Gasteiger partial charge in [0.25, 0.3) is 0 Å². The maximum Gasteiger partial charge on any atom is 0.00872 e. The van der Waals surface area contributed by atoms with Crippen molar-refractivity contribution in [2.45, 2.75) is 44.3 Å². The molecular formula is C10H21NS. The van der Waals surface area contributed by atoms with Crippen LogP contribution in [0, 0.1) is 5.92 Å². The molecule has 0 aromatic carbocycles. The molecule has 0 saturated heterocycles. The molecule has 2 atom stereocenters. The normalized spacial score (nSPS) is 31.5. The van der Waals surface area contributed by atoms with Crippen LogP contribution < -0.4 is 5.73 Å². The van der Waals surface area contributed by atoms with E-state index in [0.717, 1.165) is 17.7 Å². The molecule has 1 saturated carbocycles. The Balaban J connectivity index is 2.39. The highest BCUT2D eigenvalue weighted by Gasteiger charge is 2.21. The van der Waals surface area contributed by atoms with E-state index in [-0.39, 0.29) is 0 Å². The lowest BCUT2D eigenvalue weighted by atomic mass is 10.0. The first-order valence-electron chi connectivity index (χ1n) is 5.20. The van der Waals surface area contributed by atoms with E-state index in [2.05, 4.69) is 18.7 Å². The number of thioether (sulfide) groups is 1. The number of hydrogen-bond acceptors (Lipinski definition) is 2. The lowest BCUT2D eigenvalue weighted by Crippen LogP contribution is -2.24. The molecule has 72 valence electrons. The minimum absolute atomic E-state index is 0.803. The van der Waals surface area contributed by atoms with Crippen molar-refractivity contribution in [1.82, 2.24) is 0 Å². The van der Waals surface area contributed by atoms with Gasteiger partial charge < -0.3 is 5.73 Å². The fourth-order valence-electron chi connectivity index (χ4n) is 2.05. The van der Waals surface area contributed by atoms with E-state index in [0.29, 0.717) is 0 Å². The van der Waals surface area contributed by atoms with Crippen molar-refractivity contribution in [3.63, 3.8) is 0 Å². The Kier molecular flexibility index (Phi) is 5.08. The van der Waals surface area contributed by atoms with Gasteiger partial charge in [-0.2, -0.15) is 11.8 Å². The first-order valence-corrected chi connectivity index (χ1v) is 6.25. The Labute approximate surface area is 80.5 Å². The summed E-state index contributed by atoms with van der Waals surface area (Å²) in [6.07, 6.45) is 7.03. The molecule has 1 fully saturated rings. The lowest BCUT2D eigenvalue weighted by molar-refractivity contribution is 0.484. The van der Waals surface area contributed by atoms with Crippen LogP contribution in [0.5, 0.6) is 0 Å². The van der Waals surface area contributed by atoms with Crippen LogP contribution >= 0.6 is 11.8 Å². The predicted octanol–water partition coefficient (Wildman–Crippen LogP) is 2.65. The summed E-state index contributed by atoms with van der Waals surface area (Å²) in [5, 5.41) is 0.863. The van der Waals surface area contributed by atoms with Crippen LogP contribution in [-0.2, 0) is 0 Å². The molecule has 0 aromatic rings. The van der Waals surface area contributed by atoms with Crippen LogP contribution in [-0.4, -0.2) is 17.5 Å².